The first kappa shape index (κ1) is 25.8. The highest BCUT2D eigenvalue weighted by molar-refractivity contribution is 6.46. The van der Waals surface area contributed by atoms with Crippen LogP contribution in [0.2, 0.25) is 0 Å². The van der Waals surface area contributed by atoms with Crippen molar-refractivity contribution in [2.75, 3.05) is 6.61 Å². The predicted octanol–water partition coefficient (Wildman–Crippen LogP) is 4.90. The van der Waals surface area contributed by atoms with E-state index in [0.717, 1.165) is 5.56 Å². The van der Waals surface area contributed by atoms with Crippen LogP contribution in [-0.2, 0) is 16.1 Å². The number of ether oxygens (including phenoxy) is 2. The highest BCUT2D eigenvalue weighted by Gasteiger charge is 2.46. The summed E-state index contributed by atoms with van der Waals surface area (Å²) in [5.41, 5.74) is 2.31. The van der Waals surface area contributed by atoms with Gasteiger partial charge < -0.3 is 24.6 Å². The van der Waals surface area contributed by atoms with Crippen molar-refractivity contribution in [2.24, 2.45) is 0 Å². The molecular formula is C29H30N2O6. The number of benzene rings is 2. The van der Waals surface area contributed by atoms with E-state index >= 15 is 0 Å². The SMILES string of the molecule is CCOc1cc(C2/C(=C(\O)c3ccc(OC(C)C)cc3C)C(=O)C(=O)N2Cc2cccnc2)ccc1O. The van der Waals surface area contributed by atoms with Crippen molar-refractivity contribution < 1.29 is 29.3 Å². The molecule has 1 fully saturated rings. The van der Waals surface area contributed by atoms with Crippen LogP contribution in [0.3, 0.4) is 0 Å². The van der Waals surface area contributed by atoms with Crippen molar-refractivity contribution in [3.8, 4) is 17.2 Å². The lowest BCUT2D eigenvalue weighted by atomic mass is 9.93. The quantitative estimate of drug-likeness (QED) is 0.256. The molecule has 0 radical (unpaired) electrons. The highest BCUT2D eigenvalue weighted by atomic mass is 16.5. The van der Waals surface area contributed by atoms with Crippen molar-refractivity contribution in [1.82, 2.24) is 9.88 Å². The molecule has 1 atom stereocenters. The molecule has 0 bridgehead atoms. The Morgan fingerprint density at radius 2 is 1.92 bits per heavy atom. The lowest BCUT2D eigenvalue weighted by Gasteiger charge is -2.26. The zero-order chi connectivity index (χ0) is 26.7. The Morgan fingerprint density at radius 1 is 1.14 bits per heavy atom. The Morgan fingerprint density at radius 3 is 2.57 bits per heavy atom. The van der Waals surface area contributed by atoms with Gasteiger partial charge in [0, 0.05) is 24.5 Å². The van der Waals surface area contributed by atoms with Crippen molar-refractivity contribution >= 4 is 17.4 Å². The second-order valence-corrected chi connectivity index (χ2v) is 9.09. The van der Waals surface area contributed by atoms with Gasteiger partial charge >= 0.3 is 0 Å². The largest absolute Gasteiger partial charge is 0.507 e. The Bertz CT molecular complexity index is 1350. The third-order valence-electron chi connectivity index (χ3n) is 6.04. The van der Waals surface area contributed by atoms with Crippen LogP contribution in [0.25, 0.3) is 5.76 Å². The van der Waals surface area contributed by atoms with E-state index in [1.165, 1.54) is 11.0 Å². The number of carbonyl (C=O) groups excluding carboxylic acids is 2. The van der Waals surface area contributed by atoms with E-state index in [1.54, 1.807) is 62.6 Å². The number of ketones is 1. The number of likely N-dealkylation sites (tertiary alicyclic amines) is 1. The predicted molar refractivity (Wildman–Crippen MR) is 138 cm³/mol. The van der Waals surface area contributed by atoms with Crippen molar-refractivity contribution in [2.45, 2.75) is 46.4 Å². The number of aliphatic hydroxyl groups excluding tert-OH is 1. The normalized spacial score (nSPS) is 16.9. The average molecular weight is 503 g/mol. The molecule has 0 saturated carbocycles. The standard InChI is InChI=1S/C29H30N2O6/c1-5-36-24-14-20(8-11-23(24)32)26-25(27(33)22-10-9-21(13-18(22)4)37-17(2)3)28(34)29(35)31(26)16-19-7-6-12-30-15-19/h6-15,17,26,32-33H,5,16H2,1-4H3/b27-25+. The number of pyridine rings is 1. The molecule has 37 heavy (non-hydrogen) atoms. The molecule has 1 saturated heterocycles. The summed E-state index contributed by atoms with van der Waals surface area (Å²) in [6, 6.07) is 12.5. The van der Waals surface area contributed by atoms with Gasteiger partial charge in [-0.15, -0.1) is 0 Å². The molecule has 8 nitrogen and oxygen atoms in total. The van der Waals surface area contributed by atoms with Gasteiger partial charge in [-0.1, -0.05) is 12.1 Å². The minimum atomic E-state index is -0.911. The molecule has 2 aromatic carbocycles. The second-order valence-electron chi connectivity index (χ2n) is 9.09. The maximum absolute atomic E-state index is 13.4. The van der Waals surface area contributed by atoms with E-state index in [-0.39, 0.29) is 35.5 Å². The van der Waals surface area contributed by atoms with Gasteiger partial charge in [0.2, 0.25) is 0 Å². The molecule has 1 amide bonds. The first-order chi connectivity index (χ1) is 17.7. The molecule has 2 N–H and O–H groups in total. The van der Waals surface area contributed by atoms with Gasteiger partial charge in [0.1, 0.15) is 11.5 Å². The minimum absolute atomic E-state index is 0.0225. The first-order valence-corrected chi connectivity index (χ1v) is 12.1. The number of amides is 1. The number of aromatic nitrogens is 1. The molecule has 1 aliphatic rings. The molecule has 0 spiro atoms. The van der Waals surface area contributed by atoms with Crippen LogP contribution in [0.15, 0.2) is 66.5 Å². The number of phenols is 1. The van der Waals surface area contributed by atoms with Crippen LogP contribution in [0.4, 0.5) is 0 Å². The van der Waals surface area contributed by atoms with E-state index in [2.05, 4.69) is 4.98 Å². The molecule has 0 aliphatic carbocycles. The van der Waals surface area contributed by atoms with Gasteiger partial charge in [0.05, 0.1) is 24.3 Å². The van der Waals surface area contributed by atoms with Crippen LogP contribution in [0.1, 0.15) is 49.1 Å². The highest BCUT2D eigenvalue weighted by Crippen LogP contribution is 2.43. The zero-order valence-electron chi connectivity index (χ0n) is 21.3. The molecule has 8 heteroatoms. The fraction of sp³-hybridized carbons (Fsp3) is 0.276. The van der Waals surface area contributed by atoms with Gasteiger partial charge in [-0.05, 0) is 80.8 Å². The topological polar surface area (TPSA) is 109 Å². The fourth-order valence-electron chi connectivity index (χ4n) is 4.44. The summed E-state index contributed by atoms with van der Waals surface area (Å²) in [6.45, 7) is 7.84. The van der Waals surface area contributed by atoms with Crippen LogP contribution in [0, 0.1) is 6.92 Å². The summed E-state index contributed by atoms with van der Waals surface area (Å²) in [4.78, 5) is 32.2. The van der Waals surface area contributed by atoms with Gasteiger partial charge in [0.15, 0.2) is 11.5 Å². The number of phenolic OH excluding ortho intramolecular Hbond substituents is 1. The molecule has 4 rings (SSSR count). The average Bonchev–Trinajstić information content (AvgIpc) is 3.10. The molecule has 3 aromatic rings. The summed E-state index contributed by atoms with van der Waals surface area (Å²) in [5, 5.41) is 21.7. The Hall–Kier alpha value is -4.33. The van der Waals surface area contributed by atoms with Gasteiger partial charge in [-0.2, -0.15) is 0 Å². The number of hydrogen-bond donors (Lipinski definition) is 2. The summed E-state index contributed by atoms with van der Waals surface area (Å²) in [7, 11) is 0. The second kappa shape index (κ2) is 10.7. The molecule has 192 valence electrons. The number of rotatable bonds is 8. The minimum Gasteiger partial charge on any atom is -0.507 e. The number of aliphatic hydroxyl groups is 1. The molecule has 1 unspecified atom stereocenters. The number of nitrogens with zero attached hydrogens (tertiary/aromatic N) is 2. The van der Waals surface area contributed by atoms with Crippen LogP contribution in [0.5, 0.6) is 17.2 Å². The summed E-state index contributed by atoms with van der Waals surface area (Å²) in [5.74, 6) is -1.02. The Kier molecular flexibility index (Phi) is 7.47. The number of carbonyl (C=O) groups is 2. The molecule has 1 aliphatic heterocycles. The maximum atomic E-state index is 13.4. The van der Waals surface area contributed by atoms with Gasteiger partial charge in [-0.25, -0.2) is 0 Å². The summed E-state index contributed by atoms with van der Waals surface area (Å²) >= 11 is 0. The number of Topliss-reactive ketones (excluding diaryl/α,β-unsaturated/α-hetero) is 1. The summed E-state index contributed by atoms with van der Waals surface area (Å²) in [6.07, 6.45) is 3.22. The Balaban J connectivity index is 1.87. The lowest BCUT2D eigenvalue weighted by Crippen LogP contribution is -2.29. The Labute approximate surface area is 215 Å². The van der Waals surface area contributed by atoms with Crippen LogP contribution < -0.4 is 9.47 Å². The molecular weight excluding hydrogens is 472 g/mol. The number of hydrogen-bond acceptors (Lipinski definition) is 7. The van der Waals surface area contributed by atoms with E-state index < -0.39 is 17.7 Å². The lowest BCUT2D eigenvalue weighted by molar-refractivity contribution is -0.140. The van der Waals surface area contributed by atoms with Crippen molar-refractivity contribution in [3.63, 3.8) is 0 Å². The molecule has 2 heterocycles. The van der Waals surface area contributed by atoms with Crippen LogP contribution in [-0.4, -0.2) is 44.5 Å². The van der Waals surface area contributed by atoms with E-state index in [0.29, 0.717) is 29.0 Å². The van der Waals surface area contributed by atoms with E-state index in [4.69, 9.17) is 9.47 Å². The van der Waals surface area contributed by atoms with E-state index in [9.17, 15) is 19.8 Å². The fourth-order valence-corrected chi connectivity index (χ4v) is 4.44. The smallest absolute Gasteiger partial charge is 0.295 e. The molecule has 1 aromatic heterocycles. The van der Waals surface area contributed by atoms with E-state index in [1.807, 2.05) is 19.9 Å². The maximum Gasteiger partial charge on any atom is 0.295 e. The summed E-state index contributed by atoms with van der Waals surface area (Å²) < 4.78 is 11.3. The van der Waals surface area contributed by atoms with Gasteiger partial charge in [0.25, 0.3) is 11.7 Å². The number of aryl methyl sites for hydroxylation is 1. The third kappa shape index (κ3) is 5.28. The van der Waals surface area contributed by atoms with Crippen molar-refractivity contribution in [1.29, 1.82) is 0 Å². The third-order valence-corrected chi connectivity index (χ3v) is 6.04. The first-order valence-electron chi connectivity index (χ1n) is 12.1. The zero-order valence-corrected chi connectivity index (χ0v) is 21.3. The van der Waals surface area contributed by atoms with Crippen LogP contribution >= 0.6 is 0 Å². The monoisotopic (exact) mass is 502 g/mol. The number of aromatic hydroxyl groups is 1. The van der Waals surface area contributed by atoms with Crippen molar-refractivity contribution in [3.05, 3.63) is 88.8 Å². The van der Waals surface area contributed by atoms with Gasteiger partial charge in [-0.3, -0.25) is 14.6 Å².